The van der Waals surface area contributed by atoms with Crippen LogP contribution >= 0.6 is 0 Å². The molecule has 1 aromatic carbocycles. The molecular weight excluding hydrogens is 288 g/mol. The molecule has 0 bridgehead atoms. The molecule has 0 atom stereocenters. The first-order valence-electron chi connectivity index (χ1n) is 6.38. The van der Waals surface area contributed by atoms with Crippen LogP contribution in [0.15, 0.2) is 29.1 Å². The van der Waals surface area contributed by atoms with E-state index >= 15 is 0 Å². The molecule has 0 spiro atoms. The first-order valence-corrected chi connectivity index (χ1v) is 6.38. The van der Waals surface area contributed by atoms with Crippen LogP contribution < -0.4 is 20.8 Å². The third-order valence-corrected chi connectivity index (χ3v) is 3.26. The summed E-state index contributed by atoms with van der Waals surface area (Å²) in [6, 6.07) is 6.04. The SMILES string of the molecule is COc1ccc(OC)c(-n2c(O)cc(C)c(C(N)=O)c2=O)c1. The highest BCUT2D eigenvalue weighted by Gasteiger charge is 2.20. The number of aromatic hydroxyl groups is 1. The van der Waals surface area contributed by atoms with Crippen LogP contribution in [0.4, 0.5) is 0 Å². The van der Waals surface area contributed by atoms with Crippen molar-refractivity contribution in [2.75, 3.05) is 14.2 Å². The Kier molecular flexibility index (Phi) is 4.07. The summed E-state index contributed by atoms with van der Waals surface area (Å²) in [5, 5.41) is 10.1. The Morgan fingerprint density at radius 3 is 2.45 bits per heavy atom. The Morgan fingerprint density at radius 1 is 1.23 bits per heavy atom. The second kappa shape index (κ2) is 5.80. The molecule has 2 aromatic rings. The molecule has 0 aliphatic heterocycles. The van der Waals surface area contributed by atoms with Gasteiger partial charge in [0.1, 0.15) is 17.1 Å². The first kappa shape index (κ1) is 15.4. The topological polar surface area (TPSA) is 104 Å². The van der Waals surface area contributed by atoms with Crippen molar-refractivity contribution in [2.45, 2.75) is 6.92 Å². The zero-order chi connectivity index (χ0) is 16.4. The van der Waals surface area contributed by atoms with Crippen LogP contribution in [-0.2, 0) is 0 Å². The average Bonchev–Trinajstić information content (AvgIpc) is 2.46. The molecule has 3 N–H and O–H groups in total. The number of nitrogens with zero attached hydrogens (tertiary/aromatic N) is 1. The van der Waals surface area contributed by atoms with Gasteiger partial charge in [0.2, 0.25) is 0 Å². The molecule has 22 heavy (non-hydrogen) atoms. The number of methoxy groups -OCH3 is 2. The highest BCUT2D eigenvalue weighted by molar-refractivity contribution is 5.94. The third-order valence-electron chi connectivity index (χ3n) is 3.26. The Balaban J connectivity index is 2.86. The van der Waals surface area contributed by atoms with Crippen molar-refractivity contribution in [2.24, 2.45) is 5.73 Å². The quantitative estimate of drug-likeness (QED) is 0.876. The zero-order valence-electron chi connectivity index (χ0n) is 12.4. The molecule has 0 fully saturated rings. The lowest BCUT2D eigenvalue weighted by molar-refractivity contribution is 0.0998. The molecule has 0 aliphatic rings. The minimum atomic E-state index is -0.863. The first-order chi connectivity index (χ1) is 10.4. The van der Waals surface area contributed by atoms with Crippen LogP contribution in [0, 0.1) is 6.92 Å². The Bertz CT molecular complexity index is 795. The van der Waals surface area contributed by atoms with Crippen molar-refractivity contribution in [1.82, 2.24) is 4.57 Å². The maximum Gasteiger partial charge on any atom is 0.271 e. The van der Waals surface area contributed by atoms with Gasteiger partial charge in [-0.05, 0) is 24.6 Å². The molecule has 1 amide bonds. The van der Waals surface area contributed by atoms with E-state index in [1.165, 1.54) is 33.3 Å². The maximum atomic E-state index is 12.5. The molecule has 7 heteroatoms. The van der Waals surface area contributed by atoms with Gasteiger partial charge in [0.15, 0.2) is 5.88 Å². The predicted molar refractivity (Wildman–Crippen MR) is 80.1 cm³/mol. The van der Waals surface area contributed by atoms with Crippen LogP contribution in [-0.4, -0.2) is 29.8 Å². The molecular formula is C15H16N2O5. The Labute approximate surface area is 126 Å². The number of pyridine rings is 1. The van der Waals surface area contributed by atoms with Gasteiger partial charge >= 0.3 is 0 Å². The fourth-order valence-electron chi connectivity index (χ4n) is 2.22. The van der Waals surface area contributed by atoms with Gasteiger partial charge in [0, 0.05) is 12.1 Å². The van der Waals surface area contributed by atoms with Gasteiger partial charge in [0.05, 0.1) is 19.9 Å². The number of amides is 1. The highest BCUT2D eigenvalue weighted by Crippen LogP contribution is 2.29. The molecule has 0 saturated carbocycles. The summed E-state index contributed by atoms with van der Waals surface area (Å²) in [6.45, 7) is 1.52. The van der Waals surface area contributed by atoms with Gasteiger partial charge in [-0.1, -0.05) is 0 Å². The number of carbonyl (C=O) groups is 1. The largest absolute Gasteiger partial charge is 0.497 e. The predicted octanol–water partition coefficient (Wildman–Crippen LogP) is 0.968. The number of hydrogen-bond acceptors (Lipinski definition) is 5. The van der Waals surface area contributed by atoms with E-state index in [1.54, 1.807) is 12.1 Å². The van der Waals surface area contributed by atoms with E-state index in [1.807, 2.05) is 0 Å². The molecule has 0 unspecified atom stereocenters. The molecule has 1 aromatic heterocycles. The number of carbonyl (C=O) groups excluding carboxylic acids is 1. The minimum Gasteiger partial charge on any atom is -0.497 e. The number of hydrogen-bond donors (Lipinski definition) is 2. The molecule has 1 heterocycles. The summed E-state index contributed by atoms with van der Waals surface area (Å²) >= 11 is 0. The Morgan fingerprint density at radius 2 is 1.91 bits per heavy atom. The molecule has 0 aliphatic carbocycles. The lowest BCUT2D eigenvalue weighted by atomic mass is 10.1. The van der Waals surface area contributed by atoms with Crippen molar-refractivity contribution in [3.63, 3.8) is 0 Å². The van der Waals surface area contributed by atoms with E-state index in [0.717, 1.165) is 4.57 Å². The van der Waals surface area contributed by atoms with Crippen LogP contribution in [0.25, 0.3) is 5.69 Å². The van der Waals surface area contributed by atoms with Gasteiger partial charge in [-0.25, -0.2) is 4.57 Å². The molecule has 116 valence electrons. The molecule has 7 nitrogen and oxygen atoms in total. The number of ether oxygens (including phenoxy) is 2. The van der Waals surface area contributed by atoms with Gasteiger partial charge in [0.25, 0.3) is 11.5 Å². The van der Waals surface area contributed by atoms with Crippen LogP contribution in [0.2, 0.25) is 0 Å². The fraction of sp³-hybridized carbons (Fsp3) is 0.200. The smallest absolute Gasteiger partial charge is 0.271 e. The minimum absolute atomic E-state index is 0.192. The van der Waals surface area contributed by atoms with Crippen molar-refractivity contribution in [1.29, 1.82) is 0 Å². The van der Waals surface area contributed by atoms with E-state index in [9.17, 15) is 14.7 Å². The fourth-order valence-corrected chi connectivity index (χ4v) is 2.22. The average molecular weight is 304 g/mol. The summed E-state index contributed by atoms with van der Waals surface area (Å²) in [5.74, 6) is -0.405. The summed E-state index contributed by atoms with van der Waals surface area (Å²) in [4.78, 5) is 24.0. The molecule has 0 saturated heterocycles. The summed E-state index contributed by atoms with van der Waals surface area (Å²) in [7, 11) is 2.90. The van der Waals surface area contributed by atoms with E-state index in [-0.39, 0.29) is 17.1 Å². The van der Waals surface area contributed by atoms with Crippen molar-refractivity contribution in [3.05, 3.63) is 45.7 Å². The van der Waals surface area contributed by atoms with Gasteiger partial charge < -0.3 is 20.3 Å². The van der Waals surface area contributed by atoms with Gasteiger partial charge in [-0.15, -0.1) is 0 Å². The van der Waals surface area contributed by atoms with Crippen molar-refractivity contribution >= 4 is 5.91 Å². The zero-order valence-corrected chi connectivity index (χ0v) is 12.4. The van der Waals surface area contributed by atoms with E-state index in [2.05, 4.69) is 0 Å². The highest BCUT2D eigenvalue weighted by atomic mass is 16.5. The second-order valence-corrected chi connectivity index (χ2v) is 4.60. The van der Waals surface area contributed by atoms with Crippen LogP contribution in [0.5, 0.6) is 17.4 Å². The number of nitrogens with two attached hydrogens (primary N) is 1. The second-order valence-electron chi connectivity index (χ2n) is 4.60. The Hall–Kier alpha value is -2.96. The number of rotatable bonds is 4. The number of benzene rings is 1. The van der Waals surface area contributed by atoms with Crippen LogP contribution in [0.1, 0.15) is 15.9 Å². The normalized spacial score (nSPS) is 10.3. The lowest BCUT2D eigenvalue weighted by Crippen LogP contribution is -2.30. The summed E-state index contributed by atoms with van der Waals surface area (Å²) in [5.41, 5.74) is 4.87. The summed E-state index contributed by atoms with van der Waals surface area (Å²) in [6.07, 6.45) is 0. The molecule has 0 radical (unpaired) electrons. The van der Waals surface area contributed by atoms with Crippen LogP contribution in [0.3, 0.4) is 0 Å². The van der Waals surface area contributed by atoms with Gasteiger partial charge in [-0.3, -0.25) is 9.59 Å². The van der Waals surface area contributed by atoms with E-state index in [0.29, 0.717) is 17.1 Å². The number of primary amides is 1. The van der Waals surface area contributed by atoms with Crippen molar-refractivity contribution in [3.8, 4) is 23.1 Å². The van der Waals surface area contributed by atoms with Gasteiger partial charge in [-0.2, -0.15) is 0 Å². The van der Waals surface area contributed by atoms with E-state index < -0.39 is 11.5 Å². The summed E-state index contributed by atoms with van der Waals surface area (Å²) < 4.78 is 11.3. The standard InChI is InChI=1S/C15H16N2O5/c1-8-6-12(18)17(15(20)13(8)14(16)19)10-7-9(21-2)4-5-11(10)22-3/h4-7,18H,1-3H3,(H2,16,19). The van der Waals surface area contributed by atoms with E-state index in [4.69, 9.17) is 15.2 Å². The van der Waals surface area contributed by atoms with Crippen molar-refractivity contribution < 1.29 is 19.4 Å². The molecule has 2 rings (SSSR count). The third kappa shape index (κ3) is 2.48. The lowest BCUT2D eigenvalue weighted by Gasteiger charge is -2.15. The number of aryl methyl sites for hydroxylation is 1. The number of aromatic nitrogens is 1. The monoisotopic (exact) mass is 304 g/mol. The maximum absolute atomic E-state index is 12.5.